The maximum absolute atomic E-state index is 5.79. The van der Waals surface area contributed by atoms with Gasteiger partial charge in [-0.2, -0.15) is 0 Å². The van der Waals surface area contributed by atoms with E-state index in [-0.39, 0.29) is 0 Å². The first kappa shape index (κ1) is 8.37. The van der Waals surface area contributed by atoms with E-state index in [0.29, 0.717) is 11.6 Å². The van der Waals surface area contributed by atoms with Crippen molar-refractivity contribution in [3.8, 4) is 0 Å². The molecular weight excluding hydrogens is 160 g/mol. The summed E-state index contributed by atoms with van der Waals surface area (Å²) in [6.45, 7) is 2.35. The quantitative estimate of drug-likeness (QED) is 0.631. The fourth-order valence-corrected chi connectivity index (χ4v) is 1.29. The van der Waals surface area contributed by atoms with Crippen LogP contribution in [0.4, 0.5) is 5.69 Å². The van der Waals surface area contributed by atoms with Crippen LogP contribution in [0.3, 0.4) is 0 Å². The Balaban J connectivity index is 3.24. The Labute approximate surface area is 71.1 Å². The molecule has 1 aromatic carbocycles. The van der Waals surface area contributed by atoms with Crippen molar-refractivity contribution in [2.24, 2.45) is 5.73 Å². The van der Waals surface area contributed by atoms with Gasteiger partial charge in [-0.1, -0.05) is 11.6 Å². The van der Waals surface area contributed by atoms with Crippen LogP contribution in [0.15, 0.2) is 12.1 Å². The van der Waals surface area contributed by atoms with Crippen molar-refractivity contribution in [1.82, 2.24) is 0 Å². The molecule has 0 aliphatic carbocycles. The molecule has 0 fully saturated rings. The smallest absolute Gasteiger partial charge is 0.0413 e. The van der Waals surface area contributed by atoms with Crippen LogP contribution < -0.4 is 11.5 Å². The molecule has 0 aliphatic heterocycles. The summed E-state index contributed by atoms with van der Waals surface area (Å²) in [6.07, 6.45) is 0. The summed E-state index contributed by atoms with van der Waals surface area (Å²) in [7, 11) is 0. The van der Waals surface area contributed by atoms with Crippen molar-refractivity contribution in [2.45, 2.75) is 13.5 Å². The molecule has 0 amide bonds. The number of nitrogen functional groups attached to an aromatic ring is 1. The molecule has 60 valence electrons. The molecule has 0 aliphatic rings. The number of anilines is 1. The van der Waals surface area contributed by atoms with Gasteiger partial charge in [0.2, 0.25) is 0 Å². The molecule has 0 bridgehead atoms. The minimum atomic E-state index is 0.438. The molecule has 0 spiro atoms. The van der Waals surface area contributed by atoms with E-state index in [1.807, 2.05) is 13.0 Å². The number of halogens is 1. The molecule has 0 saturated heterocycles. The van der Waals surface area contributed by atoms with E-state index < -0.39 is 0 Å². The summed E-state index contributed by atoms with van der Waals surface area (Å²) in [5.74, 6) is 0. The fourth-order valence-electron chi connectivity index (χ4n) is 0.993. The second-order valence-electron chi connectivity index (χ2n) is 2.50. The molecule has 2 nitrogen and oxygen atoms in total. The van der Waals surface area contributed by atoms with Crippen molar-refractivity contribution in [2.75, 3.05) is 5.73 Å². The Morgan fingerprint density at radius 2 is 2.09 bits per heavy atom. The topological polar surface area (TPSA) is 52.0 Å². The third kappa shape index (κ3) is 1.64. The fraction of sp³-hybridized carbons (Fsp3) is 0.250. The van der Waals surface area contributed by atoms with Crippen molar-refractivity contribution in [1.29, 1.82) is 0 Å². The molecular formula is C8H11ClN2. The first-order chi connectivity index (χ1) is 5.15. The van der Waals surface area contributed by atoms with Crippen LogP contribution in [0.5, 0.6) is 0 Å². The van der Waals surface area contributed by atoms with Crippen molar-refractivity contribution >= 4 is 17.3 Å². The van der Waals surface area contributed by atoms with Gasteiger partial charge in [0.25, 0.3) is 0 Å². The average molecular weight is 171 g/mol. The molecule has 11 heavy (non-hydrogen) atoms. The highest BCUT2D eigenvalue weighted by Gasteiger charge is 2.01. The van der Waals surface area contributed by atoms with Gasteiger partial charge in [-0.3, -0.25) is 0 Å². The highest BCUT2D eigenvalue weighted by molar-refractivity contribution is 6.30. The molecule has 1 rings (SSSR count). The maximum Gasteiger partial charge on any atom is 0.0413 e. The number of hydrogen-bond donors (Lipinski definition) is 2. The molecule has 0 aromatic heterocycles. The second kappa shape index (κ2) is 3.11. The van der Waals surface area contributed by atoms with Gasteiger partial charge in [0.05, 0.1) is 0 Å². The van der Waals surface area contributed by atoms with Gasteiger partial charge in [-0.05, 0) is 30.2 Å². The van der Waals surface area contributed by atoms with E-state index in [0.717, 1.165) is 16.8 Å². The zero-order valence-electron chi connectivity index (χ0n) is 6.39. The largest absolute Gasteiger partial charge is 0.398 e. The van der Waals surface area contributed by atoms with Crippen LogP contribution >= 0.6 is 11.6 Å². The van der Waals surface area contributed by atoms with Crippen molar-refractivity contribution in [3.63, 3.8) is 0 Å². The van der Waals surface area contributed by atoms with Gasteiger partial charge < -0.3 is 11.5 Å². The van der Waals surface area contributed by atoms with Crippen molar-refractivity contribution in [3.05, 3.63) is 28.3 Å². The van der Waals surface area contributed by atoms with Crippen LogP contribution in [-0.4, -0.2) is 0 Å². The molecule has 0 radical (unpaired) electrons. The number of benzene rings is 1. The first-order valence-electron chi connectivity index (χ1n) is 3.39. The predicted octanol–water partition coefficient (Wildman–Crippen LogP) is 1.69. The summed E-state index contributed by atoms with van der Waals surface area (Å²) in [4.78, 5) is 0. The standard InChI is InChI=1S/C8H11ClN2/c1-5-2-7(9)3-6(4-10)8(5)11/h2-3H,4,10-11H2,1H3. The first-order valence-corrected chi connectivity index (χ1v) is 3.77. The summed E-state index contributed by atoms with van der Waals surface area (Å²) < 4.78 is 0. The lowest BCUT2D eigenvalue weighted by Crippen LogP contribution is -2.02. The monoisotopic (exact) mass is 170 g/mol. The van der Waals surface area contributed by atoms with E-state index in [2.05, 4.69) is 0 Å². The van der Waals surface area contributed by atoms with Crippen LogP contribution in [0, 0.1) is 6.92 Å². The lowest BCUT2D eigenvalue weighted by Gasteiger charge is -2.06. The molecule has 0 saturated carbocycles. The van der Waals surface area contributed by atoms with Crippen LogP contribution in [0.2, 0.25) is 5.02 Å². The second-order valence-corrected chi connectivity index (χ2v) is 2.94. The number of nitrogens with two attached hydrogens (primary N) is 2. The van der Waals surface area contributed by atoms with Gasteiger partial charge in [0.15, 0.2) is 0 Å². The summed E-state index contributed by atoms with van der Waals surface area (Å²) >= 11 is 5.79. The summed E-state index contributed by atoms with van der Waals surface area (Å²) in [5, 5.41) is 0.692. The lowest BCUT2D eigenvalue weighted by molar-refractivity contribution is 1.07. The van der Waals surface area contributed by atoms with E-state index >= 15 is 0 Å². The van der Waals surface area contributed by atoms with Crippen LogP contribution in [0.1, 0.15) is 11.1 Å². The maximum atomic E-state index is 5.79. The molecule has 3 heteroatoms. The zero-order chi connectivity index (χ0) is 8.43. The summed E-state index contributed by atoms with van der Waals surface area (Å²) in [5.41, 5.74) is 13.8. The summed E-state index contributed by atoms with van der Waals surface area (Å²) in [6, 6.07) is 3.62. The Bertz CT molecular complexity index is 271. The SMILES string of the molecule is Cc1cc(Cl)cc(CN)c1N. The van der Waals surface area contributed by atoms with Gasteiger partial charge >= 0.3 is 0 Å². The normalized spacial score (nSPS) is 10.1. The number of hydrogen-bond acceptors (Lipinski definition) is 2. The van der Waals surface area contributed by atoms with Gasteiger partial charge in [0.1, 0.15) is 0 Å². The molecule has 1 aromatic rings. The van der Waals surface area contributed by atoms with Crippen LogP contribution in [-0.2, 0) is 6.54 Å². The third-order valence-corrected chi connectivity index (χ3v) is 1.88. The van der Waals surface area contributed by atoms with E-state index in [4.69, 9.17) is 23.1 Å². The van der Waals surface area contributed by atoms with E-state index in [1.165, 1.54) is 0 Å². The Morgan fingerprint density at radius 3 is 2.64 bits per heavy atom. The van der Waals surface area contributed by atoms with Crippen LogP contribution in [0.25, 0.3) is 0 Å². The number of rotatable bonds is 1. The molecule has 0 unspecified atom stereocenters. The average Bonchev–Trinajstić information content (AvgIpc) is 1.96. The predicted molar refractivity (Wildman–Crippen MR) is 48.5 cm³/mol. The zero-order valence-corrected chi connectivity index (χ0v) is 7.15. The minimum absolute atomic E-state index is 0.438. The molecule has 0 heterocycles. The number of aryl methyl sites for hydroxylation is 1. The van der Waals surface area contributed by atoms with Crippen molar-refractivity contribution < 1.29 is 0 Å². The van der Waals surface area contributed by atoms with E-state index in [1.54, 1.807) is 6.07 Å². The van der Waals surface area contributed by atoms with Gasteiger partial charge in [-0.25, -0.2) is 0 Å². The van der Waals surface area contributed by atoms with Gasteiger partial charge in [0, 0.05) is 17.3 Å². The van der Waals surface area contributed by atoms with E-state index in [9.17, 15) is 0 Å². The minimum Gasteiger partial charge on any atom is -0.398 e. The molecule has 4 N–H and O–H groups in total. The third-order valence-electron chi connectivity index (χ3n) is 1.66. The van der Waals surface area contributed by atoms with Gasteiger partial charge in [-0.15, -0.1) is 0 Å². The molecule has 0 atom stereocenters. The Morgan fingerprint density at radius 1 is 1.45 bits per heavy atom. The Hall–Kier alpha value is -0.730. The Kier molecular flexibility index (Phi) is 2.37. The lowest BCUT2D eigenvalue weighted by atomic mass is 10.1. The highest BCUT2D eigenvalue weighted by Crippen LogP contribution is 2.21. The highest BCUT2D eigenvalue weighted by atomic mass is 35.5.